The highest BCUT2D eigenvalue weighted by atomic mass is 35.5. The minimum Gasteiger partial charge on any atom is -0.345 e. The molecule has 0 N–H and O–H groups in total. The smallest absolute Gasteiger partial charge is 0.247 e. The maximum atomic E-state index is 13.6. The highest BCUT2D eigenvalue weighted by molar-refractivity contribution is 6.31. The SMILES string of the molecule is CC(C)CN(CC(=O)N(Cc1cccn1Cc1ccccc1Cl)CC(C)C)C(=O)/C=C/c1ccccc1. The first-order chi connectivity index (χ1) is 17.7. The molecule has 37 heavy (non-hydrogen) atoms. The molecule has 0 aliphatic rings. The number of carbonyl (C=O) groups excluding carboxylic acids is 2. The lowest BCUT2D eigenvalue weighted by Crippen LogP contribution is -2.44. The summed E-state index contributed by atoms with van der Waals surface area (Å²) in [6.45, 7) is 10.6. The molecule has 0 bridgehead atoms. The molecule has 5 nitrogen and oxygen atoms in total. The number of benzene rings is 2. The fourth-order valence-electron chi connectivity index (χ4n) is 4.22. The molecule has 0 spiro atoms. The van der Waals surface area contributed by atoms with Gasteiger partial charge in [0.15, 0.2) is 0 Å². The second-order valence-electron chi connectivity index (χ2n) is 10.2. The zero-order valence-corrected chi connectivity index (χ0v) is 23.1. The van der Waals surface area contributed by atoms with Crippen molar-refractivity contribution in [2.24, 2.45) is 11.8 Å². The monoisotopic (exact) mass is 519 g/mol. The van der Waals surface area contributed by atoms with Crippen molar-refractivity contribution in [2.45, 2.75) is 40.8 Å². The highest BCUT2D eigenvalue weighted by Crippen LogP contribution is 2.19. The van der Waals surface area contributed by atoms with Gasteiger partial charge in [0, 0.05) is 42.6 Å². The molecule has 196 valence electrons. The van der Waals surface area contributed by atoms with E-state index in [2.05, 4.69) is 32.3 Å². The number of nitrogens with zero attached hydrogens (tertiary/aromatic N) is 3. The Labute approximate surface area is 226 Å². The lowest BCUT2D eigenvalue weighted by molar-refractivity contribution is -0.139. The van der Waals surface area contributed by atoms with Crippen LogP contribution in [-0.2, 0) is 22.7 Å². The molecule has 3 rings (SSSR count). The molecule has 0 atom stereocenters. The van der Waals surface area contributed by atoms with Crippen molar-refractivity contribution >= 4 is 29.5 Å². The minimum absolute atomic E-state index is 0.0497. The average molecular weight is 520 g/mol. The first-order valence-electron chi connectivity index (χ1n) is 12.9. The van der Waals surface area contributed by atoms with Gasteiger partial charge in [-0.15, -0.1) is 0 Å². The third-order valence-electron chi connectivity index (χ3n) is 5.95. The predicted molar refractivity (Wildman–Crippen MR) is 152 cm³/mol. The van der Waals surface area contributed by atoms with Gasteiger partial charge in [0.2, 0.25) is 11.8 Å². The predicted octanol–water partition coefficient (Wildman–Crippen LogP) is 6.37. The van der Waals surface area contributed by atoms with Crippen LogP contribution in [0.15, 0.2) is 79.0 Å². The molecule has 0 radical (unpaired) electrons. The fourth-order valence-corrected chi connectivity index (χ4v) is 4.42. The maximum absolute atomic E-state index is 13.6. The van der Waals surface area contributed by atoms with E-state index < -0.39 is 0 Å². The van der Waals surface area contributed by atoms with Crippen LogP contribution in [-0.4, -0.2) is 45.8 Å². The third-order valence-corrected chi connectivity index (χ3v) is 6.32. The Balaban J connectivity index is 1.75. The van der Waals surface area contributed by atoms with E-state index in [-0.39, 0.29) is 24.3 Å². The Morgan fingerprint density at radius 2 is 1.51 bits per heavy atom. The van der Waals surface area contributed by atoms with Crippen molar-refractivity contribution in [3.05, 3.63) is 101 Å². The van der Waals surface area contributed by atoms with E-state index in [0.29, 0.717) is 32.1 Å². The summed E-state index contributed by atoms with van der Waals surface area (Å²) in [4.78, 5) is 30.2. The summed E-state index contributed by atoms with van der Waals surface area (Å²) in [7, 11) is 0. The Bertz CT molecular complexity index is 1180. The molecule has 0 unspecified atom stereocenters. The van der Waals surface area contributed by atoms with Crippen LogP contribution in [0.25, 0.3) is 6.08 Å². The molecule has 3 aromatic rings. The molecule has 1 heterocycles. The largest absolute Gasteiger partial charge is 0.345 e. The number of hydrogen-bond acceptors (Lipinski definition) is 2. The van der Waals surface area contributed by atoms with Gasteiger partial charge in [0.05, 0.1) is 6.54 Å². The van der Waals surface area contributed by atoms with Crippen LogP contribution in [0.2, 0.25) is 5.02 Å². The Morgan fingerprint density at radius 3 is 2.19 bits per heavy atom. The summed E-state index contributed by atoms with van der Waals surface area (Å²) in [6.07, 6.45) is 5.37. The van der Waals surface area contributed by atoms with Gasteiger partial charge >= 0.3 is 0 Å². The molecule has 0 saturated carbocycles. The molecule has 0 aliphatic carbocycles. The van der Waals surface area contributed by atoms with E-state index in [0.717, 1.165) is 21.8 Å². The molecule has 6 heteroatoms. The molecular formula is C31H38ClN3O2. The Kier molecular flexibility index (Phi) is 10.6. The van der Waals surface area contributed by atoms with Crippen molar-refractivity contribution in [1.29, 1.82) is 0 Å². The van der Waals surface area contributed by atoms with Crippen molar-refractivity contribution in [3.63, 3.8) is 0 Å². The Hall–Kier alpha value is -3.31. The molecule has 0 saturated heterocycles. The van der Waals surface area contributed by atoms with Gasteiger partial charge in [0.25, 0.3) is 0 Å². The van der Waals surface area contributed by atoms with E-state index in [9.17, 15) is 9.59 Å². The number of halogens is 1. The van der Waals surface area contributed by atoms with Crippen molar-refractivity contribution in [1.82, 2.24) is 14.4 Å². The summed E-state index contributed by atoms with van der Waals surface area (Å²) in [5.41, 5.74) is 3.01. The van der Waals surface area contributed by atoms with Gasteiger partial charge in [-0.05, 0) is 47.2 Å². The van der Waals surface area contributed by atoms with E-state index in [1.54, 1.807) is 17.1 Å². The number of rotatable bonds is 12. The molecule has 2 aromatic carbocycles. The van der Waals surface area contributed by atoms with Crippen molar-refractivity contribution < 1.29 is 9.59 Å². The Morgan fingerprint density at radius 1 is 0.865 bits per heavy atom. The van der Waals surface area contributed by atoms with E-state index >= 15 is 0 Å². The normalized spacial score (nSPS) is 11.4. The van der Waals surface area contributed by atoms with Crippen molar-refractivity contribution in [2.75, 3.05) is 19.6 Å². The topological polar surface area (TPSA) is 45.6 Å². The third kappa shape index (κ3) is 8.94. The second kappa shape index (κ2) is 13.8. The van der Waals surface area contributed by atoms with E-state index in [1.807, 2.05) is 77.8 Å². The summed E-state index contributed by atoms with van der Waals surface area (Å²) in [6, 6.07) is 21.5. The molecular weight excluding hydrogens is 482 g/mol. The minimum atomic E-state index is -0.155. The quantitative estimate of drug-likeness (QED) is 0.261. The number of hydrogen-bond donors (Lipinski definition) is 0. The number of aromatic nitrogens is 1. The summed E-state index contributed by atoms with van der Waals surface area (Å²) in [5, 5.41) is 0.726. The summed E-state index contributed by atoms with van der Waals surface area (Å²) >= 11 is 6.39. The highest BCUT2D eigenvalue weighted by Gasteiger charge is 2.22. The first kappa shape index (κ1) is 28.3. The van der Waals surface area contributed by atoms with Crippen LogP contribution < -0.4 is 0 Å². The van der Waals surface area contributed by atoms with Crippen LogP contribution >= 0.6 is 11.6 Å². The second-order valence-corrected chi connectivity index (χ2v) is 10.7. The van der Waals surface area contributed by atoms with Crippen molar-refractivity contribution in [3.8, 4) is 0 Å². The molecule has 1 aromatic heterocycles. The lowest BCUT2D eigenvalue weighted by atomic mass is 10.1. The first-order valence-corrected chi connectivity index (χ1v) is 13.3. The van der Waals surface area contributed by atoms with Gasteiger partial charge in [0.1, 0.15) is 6.54 Å². The molecule has 0 aliphatic heterocycles. The van der Waals surface area contributed by atoms with Crippen LogP contribution in [0, 0.1) is 11.8 Å². The van der Waals surface area contributed by atoms with E-state index in [1.165, 1.54) is 0 Å². The standard InChI is InChI=1S/C31H38ClN3O2/c1-24(2)19-34(22-28-14-10-18-33(28)21-27-13-8-9-15-29(27)32)31(37)23-35(20-25(3)4)30(36)17-16-26-11-6-5-7-12-26/h5-18,24-25H,19-23H2,1-4H3/b17-16+. The summed E-state index contributed by atoms with van der Waals surface area (Å²) < 4.78 is 2.13. The summed E-state index contributed by atoms with van der Waals surface area (Å²) in [5.74, 6) is 0.329. The zero-order chi connectivity index (χ0) is 26.8. The molecule has 2 amide bonds. The molecule has 0 fully saturated rings. The van der Waals surface area contributed by atoms with E-state index in [4.69, 9.17) is 11.6 Å². The van der Waals surface area contributed by atoms with Gasteiger partial charge in [-0.25, -0.2) is 0 Å². The average Bonchev–Trinajstić information content (AvgIpc) is 3.29. The van der Waals surface area contributed by atoms with Gasteiger partial charge < -0.3 is 14.4 Å². The maximum Gasteiger partial charge on any atom is 0.247 e. The zero-order valence-electron chi connectivity index (χ0n) is 22.3. The van der Waals surface area contributed by atoms with Crippen LogP contribution in [0.4, 0.5) is 0 Å². The van der Waals surface area contributed by atoms with Gasteiger partial charge in [-0.2, -0.15) is 0 Å². The lowest BCUT2D eigenvalue weighted by Gasteiger charge is -2.29. The number of carbonyl (C=O) groups is 2. The van der Waals surface area contributed by atoms with Crippen LogP contribution in [0.1, 0.15) is 44.5 Å². The van der Waals surface area contributed by atoms with Gasteiger partial charge in [-0.3, -0.25) is 9.59 Å². The van der Waals surface area contributed by atoms with Crippen LogP contribution in [0.5, 0.6) is 0 Å². The van der Waals surface area contributed by atoms with Gasteiger partial charge in [-0.1, -0.05) is 87.8 Å². The fraction of sp³-hybridized carbons (Fsp3) is 0.355. The van der Waals surface area contributed by atoms with Crippen LogP contribution in [0.3, 0.4) is 0 Å². The number of amides is 2.